The maximum Gasteiger partial charge on any atom is 3.00 e. The van der Waals surface area contributed by atoms with Crippen LogP contribution in [-0.2, 0) is 0 Å². The van der Waals surface area contributed by atoms with Crippen molar-refractivity contribution < 1.29 is 29.7 Å². The predicted octanol–water partition coefficient (Wildman–Crippen LogP) is 1.40. The zero-order chi connectivity index (χ0) is 23.5. The number of hydrogen-bond acceptors (Lipinski definition) is 6. The summed E-state index contributed by atoms with van der Waals surface area (Å²) in [6, 6.07) is 23.4. The second kappa shape index (κ2) is 10.2. The standard InChI is InChI=1S/C27H18O6.Al/c28-25(29)21-11-4-1-8-16(21)18-14-7-15-19(17-9-2-5-12-22(17)26(30)31)24(18)20-10-3-6-13-23(20)27(32)33;/h1-15H,(H,28,29)(H,30,31)(H,32,33);/q;+3/p-3. The topological polar surface area (TPSA) is 120 Å². The molecular weight excluding hydrogens is 447 g/mol. The van der Waals surface area contributed by atoms with Crippen molar-refractivity contribution in [3.63, 3.8) is 0 Å². The van der Waals surface area contributed by atoms with Gasteiger partial charge in [0.05, 0.1) is 17.9 Å². The third-order valence-electron chi connectivity index (χ3n) is 5.36. The van der Waals surface area contributed by atoms with E-state index in [-0.39, 0.29) is 39.6 Å². The van der Waals surface area contributed by atoms with Crippen LogP contribution in [0.25, 0.3) is 33.4 Å². The summed E-state index contributed by atoms with van der Waals surface area (Å²) >= 11 is 0. The van der Waals surface area contributed by atoms with Gasteiger partial charge in [0.2, 0.25) is 0 Å². The zero-order valence-corrected chi connectivity index (χ0v) is 18.8. The molecule has 0 aliphatic carbocycles. The van der Waals surface area contributed by atoms with Gasteiger partial charge >= 0.3 is 17.4 Å². The van der Waals surface area contributed by atoms with Gasteiger partial charge in [-0.05, 0) is 33.4 Å². The van der Waals surface area contributed by atoms with E-state index in [9.17, 15) is 29.7 Å². The van der Waals surface area contributed by atoms with Crippen molar-refractivity contribution in [2.45, 2.75) is 0 Å². The summed E-state index contributed by atoms with van der Waals surface area (Å²) in [7, 11) is 0. The first-order valence-corrected chi connectivity index (χ1v) is 9.95. The van der Waals surface area contributed by atoms with Gasteiger partial charge in [0.1, 0.15) is 0 Å². The van der Waals surface area contributed by atoms with Gasteiger partial charge in [-0.25, -0.2) is 0 Å². The van der Waals surface area contributed by atoms with Crippen LogP contribution < -0.4 is 15.3 Å². The van der Waals surface area contributed by atoms with Crippen LogP contribution in [0, 0.1) is 0 Å². The number of carbonyl (C=O) groups is 3. The SMILES string of the molecule is O=C([O-])c1ccccc1-c1cccc(-c2ccccc2C(=O)[O-])c1-c1ccccc1C(=O)[O-].[Al+3]. The molecule has 0 bridgehead atoms. The van der Waals surface area contributed by atoms with Gasteiger partial charge in [-0.3, -0.25) is 0 Å². The molecule has 0 aliphatic heterocycles. The Balaban J connectivity index is 0.00000324. The summed E-state index contributed by atoms with van der Waals surface area (Å²) in [6.07, 6.45) is 0. The summed E-state index contributed by atoms with van der Waals surface area (Å²) < 4.78 is 0. The number of aromatic carboxylic acids is 3. The molecule has 0 spiro atoms. The monoisotopic (exact) mass is 462 g/mol. The molecule has 0 fully saturated rings. The maximum absolute atomic E-state index is 11.9. The molecular formula is C27H15AlO6. The molecule has 0 N–H and O–H groups in total. The minimum Gasteiger partial charge on any atom is -0.545 e. The van der Waals surface area contributed by atoms with Crippen molar-refractivity contribution in [1.29, 1.82) is 0 Å². The maximum atomic E-state index is 11.9. The fourth-order valence-corrected chi connectivity index (χ4v) is 3.96. The van der Waals surface area contributed by atoms with E-state index in [4.69, 9.17) is 0 Å². The van der Waals surface area contributed by atoms with E-state index in [0.717, 1.165) is 0 Å². The van der Waals surface area contributed by atoms with Crippen molar-refractivity contribution >= 4 is 35.3 Å². The van der Waals surface area contributed by atoms with Crippen LogP contribution in [-0.4, -0.2) is 35.3 Å². The molecule has 0 saturated heterocycles. The first-order valence-electron chi connectivity index (χ1n) is 9.95. The van der Waals surface area contributed by atoms with Crippen LogP contribution in [0.2, 0.25) is 0 Å². The van der Waals surface area contributed by atoms with E-state index in [2.05, 4.69) is 0 Å². The second-order valence-electron chi connectivity index (χ2n) is 7.23. The van der Waals surface area contributed by atoms with Gasteiger partial charge in [-0.2, -0.15) is 0 Å². The minimum atomic E-state index is -1.42. The van der Waals surface area contributed by atoms with Crippen molar-refractivity contribution in [3.05, 3.63) is 108 Å². The van der Waals surface area contributed by atoms with E-state index < -0.39 is 17.9 Å². The normalized spacial score (nSPS) is 10.2. The molecule has 0 aromatic heterocycles. The smallest absolute Gasteiger partial charge is 0.545 e. The molecule has 7 heteroatoms. The zero-order valence-electron chi connectivity index (χ0n) is 17.7. The largest absolute Gasteiger partial charge is 3.00 e. The first kappa shape index (κ1) is 24.5. The third-order valence-corrected chi connectivity index (χ3v) is 5.36. The fraction of sp³-hybridized carbons (Fsp3) is 0. The molecule has 34 heavy (non-hydrogen) atoms. The van der Waals surface area contributed by atoms with Gasteiger partial charge in [-0.15, -0.1) is 0 Å². The van der Waals surface area contributed by atoms with Gasteiger partial charge in [0, 0.05) is 16.7 Å². The molecule has 162 valence electrons. The Morgan fingerprint density at radius 2 is 0.706 bits per heavy atom. The summed E-state index contributed by atoms with van der Waals surface area (Å²) in [5.74, 6) is -4.22. The molecule has 0 unspecified atom stereocenters. The summed E-state index contributed by atoms with van der Waals surface area (Å²) in [4.78, 5) is 35.6. The Morgan fingerprint density at radius 3 is 1.09 bits per heavy atom. The number of rotatable bonds is 6. The molecule has 0 heterocycles. The van der Waals surface area contributed by atoms with E-state index >= 15 is 0 Å². The number of carboxylic acids is 3. The Kier molecular flexibility index (Phi) is 7.32. The van der Waals surface area contributed by atoms with Crippen LogP contribution >= 0.6 is 0 Å². The predicted molar refractivity (Wildman–Crippen MR) is 121 cm³/mol. The molecule has 0 aliphatic rings. The minimum absolute atomic E-state index is 0. The van der Waals surface area contributed by atoms with Crippen LogP contribution in [0.15, 0.2) is 91.0 Å². The second-order valence-corrected chi connectivity index (χ2v) is 7.23. The molecule has 0 saturated carbocycles. The number of hydrogen-bond donors (Lipinski definition) is 0. The van der Waals surface area contributed by atoms with Crippen molar-refractivity contribution in [2.75, 3.05) is 0 Å². The van der Waals surface area contributed by atoms with E-state index in [1.807, 2.05) is 0 Å². The van der Waals surface area contributed by atoms with Gasteiger partial charge in [-0.1, -0.05) is 91.0 Å². The Morgan fingerprint density at radius 1 is 0.412 bits per heavy atom. The van der Waals surface area contributed by atoms with Crippen molar-refractivity contribution in [2.24, 2.45) is 0 Å². The number of benzene rings is 4. The third kappa shape index (κ3) is 4.48. The average Bonchev–Trinajstić information content (AvgIpc) is 2.83. The molecule has 6 nitrogen and oxygen atoms in total. The first-order chi connectivity index (χ1) is 15.9. The van der Waals surface area contributed by atoms with Crippen molar-refractivity contribution in [3.8, 4) is 33.4 Å². The van der Waals surface area contributed by atoms with Gasteiger partial charge in [0.15, 0.2) is 0 Å². The average molecular weight is 462 g/mol. The summed E-state index contributed by atoms with van der Waals surface area (Å²) in [5.41, 5.74) is 1.70. The van der Waals surface area contributed by atoms with Crippen molar-refractivity contribution in [1.82, 2.24) is 0 Å². The number of carboxylic acid groups (broad SMARTS) is 3. The molecule has 0 atom stereocenters. The number of carbonyl (C=O) groups excluding carboxylic acids is 3. The molecule has 0 amide bonds. The Labute approximate surface area is 205 Å². The Hall–Kier alpha value is -4.18. The van der Waals surface area contributed by atoms with Crippen LogP contribution in [0.4, 0.5) is 0 Å². The summed E-state index contributed by atoms with van der Waals surface area (Å²) in [6.45, 7) is 0. The van der Waals surface area contributed by atoms with E-state index in [1.165, 1.54) is 18.2 Å². The van der Waals surface area contributed by atoms with Crippen LogP contribution in [0.1, 0.15) is 31.1 Å². The molecule has 4 aromatic rings. The summed E-state index contributed by atoms with van der Waals surface area (Å²) in [5, 5.41) is 35.6. The quantitative estimate of drug-likeness (QED) is 0.400. The fourth-order valence-electron chi connectivity index (χ4n) is 3.96. The van der Waals surface area contributed by atoms with E-state index in [1.54, 1.807) is 72.8 Å². The van der Waals surface area contributed by atoms with Gasteiger partial charge < -0.3 is 29.7 Å². The molecule has 4 aromatic carbocycles. The Bertz CT molecular complexity index is 1330. The molecule has 4 rings (SSSR count). The van der Waals surface area contributed by atoms with E-state index in [0.29, 0.717) is 27.8 Å². The van der Waals surface area contributed by atoms with Crippen LogP contribution in [0.3, 0.4) is 0 Å². The van der Waals surface area contributed by atoms with Crippen LogP contribution in [0.5, 0.6) is 0 Å². The molecule has 0 radical (unpaired) electrons. The van der Waals surface area contributed by atoms with Gasteiger partial charge in [0.25, 0.3) is 0 Å².